The molecule has 1 aromatic heterocycles. The minimum atomic E-state index is 0.0140. The molecule has 0 saturated heterocycles. The van der Waals surface area contributed by atoms with Gasteiger partial charge in [0.15, 0.2) is 11.2 Å². The summed E-state index contributed by atoms with van der Waals surface area (Å²) in [5.41, 5.74) is 0.863. The Kier molecular flexibility index (Phi) is 3.20. The number of fused-ring (bicyclic) bond motifs is 1. The highest BCUT2D eigenvalue weighted by molar-refractivity contribution is 5.84. The molecule has 0 aliphatic heterocycles. The number of hydrogen-bond donors (Lipinski definition) is 0. The van der Waals surface area contributed by atoms with Gasteiger partial charge in [0.2, 0.25) is 0 Å². The Morgan fingerprint density at radius 1 is 1.16 bits per heavy atom. The Balaban J connectivity index is 1.95. The summed E-state index contributed by atoms with van der Waals surface area (Å²) in [7, 11) is 0. The Morgan fingerprint density at radius 2 is 1.89 bits per heavy atom. The zero-order chi connectivity index (χ0) is 13.2. The van der Waals surface area contributed by atoms with Crippen LogP contribution in [0.25, 0.3) is 10.9 Å². The number of carbonyl (C=O) groups excluding carboxylic acids is 1. The fraction of sp³-hybridized carbons (Fsp3) is 0.375. The lowest BCUT2D eigenvalue weighted by Gasteiger charge is -2.12. The van der Waals surface area contributed by atoms with Crippen molar-refractivity contribution >= 4 is 16.7 Å². The number of nitrogens with zero attached hydrogens (tertiary/aromatic N) is 1. The predicted molar refractivity (Wildman–Crippen MR) is 75.2 cm³/mol. The number of hydrogen-bond acceptors (Lipinski definition) is 2. The van der Waals surface area contributed by atoms with E-state index in [4.69, 9.17) is 0 Å². The standard InChI is InChI=1S/C16H17NO2/c18-15-9-10-17(14-8-4-3-7-13(14)15)11-16(19)12-5-1-2-6-12/h3-4,7-10,12H,1-2,5-6,11H2. The molecular weight excluding hydrogens is 238 g/mol. The Hall–Kier alpha value is -1.90. The molecule has 0 N–H and O–H groups in total. The van der Waals surface area contributed by atoms with Gasteiger partial charge in [-0.3, -0.25) is 9.59 Å². The minimum absolute atomic E-state index is 0.0140. The molecule has 1 aromatic carbocycles. The molecule has 3 rings (SSSR count). The first-order chi connectivity index (χ1) is 9.25. The van der Waals surface area contributed by atoms with Crippen molar-refractivity contribution < 1.29 is 4.79 Å². The lowest BCUT2D eigenvalue weighted by atomic mass is 10.0. The second kappa shape index (κ2) is 5.00. The number of rotatable bonds is 3. The van der Waals surface area contributed by atoms with Crippen molar-refractivity contribution in [2.24, 2.45) is 5.92 Å². The quantitative estimate of drug-likeness (QED) is 0.846. The highest BCUT2D eigenvalue weighted by Crippen LogP contribution is 2.26. The molecule has 0 unspecified atom stereocenters. The first-order valence-electron chi connectivity index (χ1n) is 6.86. The summed E-state index contributed by atoms with van der Waals surface area (Å²) in [6.45, 7) is 0.380. The van der Waals surface area contributed by atoms with E-state index in [0.717, 1.165) is 18.4 Å². The number of ketones is 1. The van der Waals surface area contributed by atoms with Gasteiger partial charge in [-0.2, -0.15) is 0 Å². The van der Waals surface area contributed by atoms with Crippen molar-refractivity contribution in [2.45, 2.75) is 32.2 Å². The van der Waals surface area contributed by atoms with E-state index in [1.807, 2.05) is 28.8 Å². The fourth-order valence-corrected chi connectivity index (χ4v) is 2.94. The maximum absolute atomic E-state index is 12.2. The molecule has 1 saturated carbocycles. The molecule has 98 valence electrons. The lowest BCUT2D eigenvalue weighted by molar-refractivity contribution is -0.123. The monoisotopic (exact) mass is 255 g/mol. The van der Waals surface area contributed by atoms with Crippen LogP contribution in [0.4, 0.5) is 0 Å². The van der Waals surface area contributed by atoms with E-state index >= 15 is 0 Å². The molecule has 0 bridgehead atoms. The normalized spacial score (nSPS) is 16.0. The molecule has 19 heavy (non-hydrogen) atoms. The zero-order valence-electron chi connectivity index (χ0n) is 10.8. The maximum Gasteiger partial charge on any atom is 0.189 e. The fourth-order valence-electron chi connectivity index (χ4n) is 2.94. The van der Waals surface area contributed by atoms with Gasteiger partial charge in [0, 0.05) is 23.6 Å². The van der Waals surface area contributed by atoms with Crippen LogP contribution < -0.4 is 5.43 Å². The van der Waals surface area contributed by atoms with E-state index in [9.17, 15) is 9.59 Å². The lowest BCUT2D eigenvalue weighted by Crippen LogP contribution is -2.19. The van der Waals surface area contributed by atoms with Gasteiger partial charge in [-0.25, -0.2) is 0 Å². The number of carbonyl (C=O) groups is 1. The predicted octanol–water partition coefficient (Wildman–Crippen LogP) is 2.76. The first kappa shape index (κ1) is 12.2. The average molecular weight is 255 g/mol. The number of aromatic nitrogens is 1. The van der Waals surface area contributed by atoms with Gasteiger partial charge in [0.25, 0.3) is 0 Å². The Labute approximate surface area is 111 Å². The van der Waals surface area contributed by atoms with Crippen molar-refractivity contribution in [1.29, 1.82) is 0 Å². The van der Waals surface area contributed by atoms with Gasteiger partial charge in [-0.05, 0) is 25.0 Å². The van der Waals surface area contributed by atoms with Crippen molar-refractivity contribution in [3.63, 3.8) is 0 Å². The Morgan fingerprint density at radius 3 is 2.68 bits per heavy atom. The first-order valence-corrected chi connectivity index (χ1v) is 6.86. The SMILES string of the molecule is O=C(Cn1ccc(=O)c2ccccc21)C1CCCC1. The van der Waals surface area contributed by atoms with Crippen LogP contribution in [0.5, 0.6) is 0 Å². The van der Waals surface area contributed by atoms with Crippen LogP contribution in [0.1, 0.15) is 25.7 Å². The molecule has 0 radical (unpaired) electrons. The highest BCUT2D eigenvalue weighted by atomic mass is 16.1. The topological polar surface area (TPSA) is 39.1 Å². The zero-order valence-corrected chi connectivity index (χ0v) is 10.8. The third-order valence-corrected chi connectivity index (χ3v) is 4.02. The summed E-state index contributed by atoms with van der Waals surface area (Å²) in [6, 6.07) is 9.02. The molecule has 0 spiro atoms. The van der Waals surface area contributed by atoms with Crippen molar-refractivity contribution in [3.8, 4) is 0 Å². The van der Waals surface area contributed by atoms with Crippen molar-refractivity contribution in [2.75, 3.05) is 0 Å². The van der Waals surface area contributed by atoms with E-state index < -0.39 is 0 Å². The smallest absolute Gasteiger partial charge is 0.189 e. The molecular formula is C16H17NO2. The number of pyridine rings is 1. The maximum atomic E-state index is 12.2. The van der Waals surface area contributed by atoms with Gasteiger partial charge in [0.05, 0.1) is 12.1 Å². The summed E-state index contributed by atoms with van der Waals surface area (Å²) >= 11 is 0. The highest BCUT2D eigenvalue weighted by Gasteiger charge is 2.22. The number of Topliss-reactive ketones (excluding diaryl/α,β-unsaturated/α-hetero) is 1. The molecule has 0 amide bonds. The van der Waals surface area contributed by atoms with Gasteiger partial charge < -0.3 is 4.57 Å². The van der Waals surface area contributed by atoms with Crippen LogP contribution in [0, 0.1) is 5.92 Å². The van der Waals surface area contributed by atoms with E-state index in [2.05, 4.69) is 0 Å². The van der Waals surface area contributed by atoms with Gasteiger partial charge in [0.1, 0.15) is 0 Å². The van der Waals surface area contributed by atoms with Crippen molar-refractivity contribution in [3.05, 3.63) is 46.8 Å². The molecule has 1 fully saturated rings. The Bertz CT molecular complexity index is 666. The number of benzene rings is 1. The average Bonchev–Trinajstić information content (AvgIpc) is 2.96. The van der Waals surface area contributed by atoms with E-state index in [0.29, 0.717) is 17.7 Å². The van der Waals surface area contributed by atoms with Gasteiger partial charge in [-0.1, -0.05) is 25.0 Å². The molecule has 1 aliphatic rings. The molecule has 1 aliphatic carbocycles. The summed E-state index contributed by atoms with van der Waals surface area (Å²) < 4.78 is 1.90. The molecule has 0 atom stereocenters. The largest absolute Gasteiger partial charge is 0.340 e. The van der Waals surface area contributed by atoms with E-state index in [1.54, 1.807) is 12.3 Å². The van der Waals surface area contributed by atoms with Gasteiger partial charge >= 0.3 is 0 Å². The minimum Gasteiger partial charge on any atom is -0.340 e. The summed E-state index contributed by atoms with van der Waals surface area (Å²) in [5, 5.41) is 0.684. The van der Waals surface area contributed by atoms with Crippen LogP contribution >= 0.6 is 0 Å². The van der Waals surface area contributed by atoms with Crippen LogP contribution in [0.3, 0.4) is 0 Å². The molecule has 2 aromatic rings. The van der Waals surface area contributed by atoms with Crippen LogP contribution in [-0.2, 0) is 11.3 Å². The summed E-state index contributed by atoms with van der Waals surface area (Å²) in [5.74, 6) is 0.518. The van der Waals surface area contributed by atoms with E-state index in [-0.39, 0.29) is 11.3 Å². The van der Waals surface area contributed by atoms with Crippen molar-refractivity contribution in [1.82, 2.24) is 4.57 Å². The summed E-state index contributed by atoms with van der Waals surface area (Å²) in [6.07, 6.45) is 6.12. The summed E-state index contributed by atoms with van der Waals surface area (Å²) in [4.78, 5) is 24.0. The third kappa shape index (κ3) is 2.33. The number of para-hydroxylation sites is 1. The van der Waals surface area contributed by atoms with Gasteiger partial charge in [-0.15, -0.1) is 0 Å². The molecule has 3 heteroatoms. The van der Waals surface area contributed by atoms with E-state index in [1.165, 1.54) is 12.8 Å². The second-order valence-corrected chi connectivity index (χ2v) is 5.27. The molecule has 1 heterocycles. The molecule has 3 nitrogen and oxygen atoms in total. The third-order valence-electron chi connectivity index (χ3n) is 4.02. The second-order valence-electron chi connectivity index (χ2n) is 5.27. The van der Waals surface area contributed by atoms with Crippen LogP contribution in [0.15, 0.2) is 41.3 Å². The van der Waals surface area contributed by atoms with Crippen LogP contribution in [-0.4, -0.2) is 10.4 Å². The van der Waals surface area contributed by atoms with Crippen LogP contribution in [0.2, 0.25) is 0 Å².